The summed E-state index contributed by atoms with van der Waals surface area (Å²) >= 11 is 0. The summed E-state index contributed by atoms with van der Waals surface area (Å²) in [6.45, 7) is 13.2. The zero-order chi connectivity index (χ0) is 19.6. The Morgan fingerprint density at radius 1 is 1.00 bits per heavy atom. The first-order chi connectivity index (χ1) is 12.8. The zero-order valence-electron chi connectivity index (χ0n) is 17.3. The molecule has 0 amide bonds. The van der Waals surface area contributed by atoms with Crippen LogP contribution in [0.25, 0.3) is 0 Å². The molecule has 27 heavy (non-hydrogen) atoms. The minimum Gasteiger partial charge on any atom is -0.278 e. The first kappa shape index (κ1) is 19.2. The Hall–Kier alpha value is -2.61. The van der Waals surface area contributed by atoms with E-state index in [1.54, 1.807) is 0 Å². The van der Waals surface area contributed by atoms with Crippen molar-refractivity contribution >= 4 is 11.9 Å². The molecule has 0 radical (unpaired) electrons. The minimum absolute atomic E-state index is 0.146. The highest BCUT2D eigenvalue weighted by Crippen LogP contribution is 2.41. The first-order valence-corrected chi connectivity index (χ1v) is 9.62. The number of hydrogen-bond acceptors (Lipinski definition) is 2. The predicted octanol–water partition coefficient (Wildman–Crippen LogP) is 6.68. The van der Waals surface area contributed by atoms with E-state index in [9.17, 15) is 0 Å². The van der Waals surface area contributed by atoms with Crippen molar-refractivity contribution in [2.24, 2.45) is 10.5 Å². The number of nitrogens with zero attached hydrogens (tertiary/aromatic N) is 1. The summed E-state index contributed by atoms with van der Waals surface area (Å²) in [5.74, 6) is 0.315. The van der Waals surface area contributed by atoms with E-state index in [0.29, 0.717) is 5.92 Å². The number of hydrogen-bond donors (Lipinski definition) is 1. The number of nitrogens with one attached hydrogen (secondary N) is 1. The Morgan fingerprint density at radius 2 is 1.67 bits per heavy atom. The molecule has 0 aliphatic heterocycles. The second-order valence-electron chi connectivity index (χ2n) is 8.51. The van der Waals surface area contributed by atoms with Gasteiger partial charge in [0, 0.05) is 5.92 Å². The van der Waals surface area contributed by atoms with Crippen LogP contribution in [0, 0.1) is 26.2 Å². The molecule has 0 heterocycles. The summed E-state index contributed by atoms with van der Waals surface area (Å²) in [4.78, 5) is 0. The van der Waals surface area contributed by atoms with E-state index >= 15 is 0 Å². The summed E-state index contributed by atoms with van der Waals surface area (Å²) in [6, 6.07) is 12.9. The Morgan fingerprint density at radius 3 is 2.33 bits per heavy atom. The van der Waals surface area contributed by atoms with Crippen molar-refractivity contribution < 1.29 is 0 Å². The molecule has 3 rings (SSSR count). The van der Waals surface area contributed by atoms with Crippen molar-refractivity contribution in [1.82, 2.24) is 0 Å². The molecule has 1 unspecified atom stereocenters. The highest BCUT2D eigenvalue weighted by Gasteiger charge is 2.27. The van der Waals surface area contributed by atoms with Crippen LogP contribution < -0.4 is 5.43 Å². The molecule has 2 heteroatoms. The molecule has 2 aromatic carbocycles. The Kier molecular flexibility index (Phi) is 5.36. The van der Waals surface area contributed by atoms with Crippen LogP contribution in [0.2, 0.25) is 0 Å². The van der Waals surface area contributed by atoms with Gasteiger partial charge in [0.15, 0.2) is 0 Å². The van der Waals surface area contributed by atoms with Crippen LogP contribution in [0.3, 0.4) is 0 Å². The first-order valence-electron chi connectivity index (χ1n) is 9.62. The highest BCUT2D eigenvalue weighted by molar-refractivity contribution is 5.83. The Bertz CT molecular complexity index is 901. The smallest absolute Gasteiger partial charge is 0.0620 e. The van der Waals surface area contributed by atoms with E-state index in [0.717, 1.165) is 11.3 Å². The molecule has 0 fully saturated rings. The highest BCUT2D eigenvalue weighted by atomic mass is 15.3. The fourth-order valence-electron chi connectivity index (χ4n) is 3.90. The maximum absolute atomic E-state index is 4.56. The average Bonchev–Trinajstić information content (AvgIpc) is 3.07. The van der Waals surface area contributed by atoms with E-state index in [1.165, 1.54) is 27.8 Å². The standard InChI is InChI=1S/C25H30N2/c1-17-14-18(2)24(19(3)15-17)27-26-16-20-10-7-8-11-21(20)22-12-9-13-23(22)25(4,5)6/h7-16,22,27H,1-6H3. The molecular weight excluding hydrogens is 328 g/mol. The predicted molar refractivity (Wildman–Crippen MR) is 118 cm³/mol. The van der Waals surface area contributed by atoms with E-state index in [2.05, 4.69) is 107 Å². The number of benzene rings is 2. The lowest BCUT2D eigenvalue weighted by molar-refractivity contribution is 0.483. The maximum Gasteiger partial charge on any atom is 0.0620 e. The van der Waals surface area contributed by atoms with Crippen molar-refractivity contribution in [1.29, 1.82) is 0 Å². The second-order valence-corrected chi connectivity index (χ2v) is 8.51. The number of anilines is 1. The summed E-state index contributed by atoms with van der Waals surface area (Å²) in [6.07, 6.45) is 8.67. The van der Waals surface area contributed by atoms with Gasteiger partial charge >= 0.3 is 0 Å². The monoisotopic (exact) mass is 358 g/mol. The molecule has 0 saturated carbocycles. The molecule has 1 aliphatic carbocycles. The van der Waals surface area contributed by atoms with E-state index in [4.69, 9.17) is 0 Å². The van der Waals surface area contributed by atoms with E-state index in [1.807, 2.05) is 6.21 Å². The van der Waals surface area contributed by atoms with Gasteiger partial charge in [0.05, 0.1) is 11.9 Å². The van der Waals surface area contributed by atoms with Crippen molar-refractivity contribution in [2.45, 2.75) is 47.5 Å². The largest absolute Gasteiger partial charge is 0.278 e. The molecule has 0 bridgehead atoms. The Labute approximate surface area is 163 Å². The van der Waals surface area contributed by atoms with E-state index < -0.39 is 0 Å². The molecule has 1 N–H and O–H groups in total. The third-order valence-corrected chi connectivity index (χ3v) is 5.17. The summed E-state index contributed by atoms with van der Waals surface area (Å²) < 4.78 is 0. The van der Waals surface area contributed by atoms with Crippen LogP contribution >= 0.6 is 0 Å². The van der Waals surface area contributed by atoms with Gasteiger partial charge in [-0.1, -0.05) is 86.5 Å². The molecule has 0 saturated heterocycles. The van der Waals surface area contributed by atoms with Crippen LogP contribution in [0.5, 0.6) is 0 Å². The second kappa shape index (κ2) is 7.56. The van der Waals surface area contributed by atoms with Crippen LogP contribution in [0.4, 0.5) is 5.69 Å². The van der Waals surface area contributed by atoms with Crippen LogP contribution in [-0.2, 0) is 0 Å². The van der Waals surface area contributed by atoms with Crippen LogP contribution in [-0.4, -0.2) is 6.21 Å². The normalized spacial score (nSPS) is 16.8. The Balaban J connectivity index is 1.87. The van der Waals surface area contributed by atoms with Crippen LogP contribution in [0.1, 0.15) is 54.5 Å². The number of hydrazone groups is 1. The van der Waals surface area contributed by atoms with Gasteiger partial charge in [-0.2, -0.15) is 5.10 Å². The fraction of sp³-hybridized carbons (Fsp3) is 0.320. The van der Waals surface area contributed by atoms with Crippen molar-refractivity contribution in [3.63, 3.8) is 0 Å². The molecule has 1 aliphatic rings. The van der Waals surface area contributed by atoms with Crippen molar-refractivity contribution in [3.8, 4) is 0 Å². The average molecular weight is 359 g/mol. The quantitative estimate of drug-likeness (QED) is 0.478. The van der Waals surface area contributed by atoms with Gasteiger partial charge in [-0.05, 0) is 48.4 Å². The maximum atomic E-state index is 4.56. The van der Waals surface area contributed by atoms with Gasteiger partial charge in [-0.3, -0.25) is 5.43 Å². The van der Waals surface area contributed by atoms with Gasteiger partial charge in [0.25, 0.3) is 0 Å². The zero-order valence-corrected chi connectivity index (χ0v) is 17.3. The van der Waals surface area contributed by atoms with Gasteiger partial charge in [-0.25, -0.2) is 0 Å². The summed E-state index contributed by atoms with van der Waals surface area (Å²) in [5.41, 5.74) is 12.1. The number of rotatable bonds is 4. The number of allylic oxidation sites excluding steroid dienone is 4. The molecular formula is C25H30N2. The minimum atomic E-state index is 0.146. The molecule has 1 atom stereocenters. The number of aryl methyl sites for hydroxylation is 3. The van der Waals surface area contributed by atoms with Crippen molar-refractivity contribution in [2.75, 3.05) is 5.43 Å². The molecule has 0 spiro atoms. The molecule has 0 aromatic heterocycles. The lowest BCUT2D eigenvalue weighted by atomic mass is 9.77. The lowest BCUT2D eigenvalue weighted by Crippen LogP contribution is -2.15. The molecule has 140 valence electrons. The van der Waals surface area contributed by atoms with Gasteiger partial charge in [0.1, 0.15) is 0 Å². The third kappa shape index (κ3) is 4.21. The van der Waals surface area contributed by atoms with Gasteiger partial charge in [-0.15, -0.1) is 0 Å². The summed E-state index contributed by atoms with van der Waals surface area (Å²) in [5, 5.41) is 4.56. The van der Waals surface area contributed by atoms with E-state index in [-0.39, 0.29) is 5.41 Å². The third-order valence-electron chi connectivity index (χ3n) is 5.17. The summed E-state index contributed by atoms with van der Waals surface area (Å²) in [7, 11) is 0. The fourth-order valence-corrected chi connectivity index (χ4v) is 3.90. The van der Waals surface area contributed by atoms with Crippen molar-refractivity contribution in [3.05, 3.63) is 88.0 Å². The van der Waals surface area contributed by atoms with Gasteiger partial charge < -0.3 is 0 Å². The van der Waals surface area contributed by atoms with Crippen LogP contribution in [0.15, 0.2) is 65.3 Å². The SMILES string of the molecule is Cc1cc(C)c(NN=Cc2ccccc2C2C=CC=C2C(C)(C)C)c(C)c1. The lowest BCUT2D eigenvalue weighted by Gasteiger charge is -2.27. The topological polar surface area (TPSA) is 24.4 Å². The molecule has 2 nitrogen and oxygen atoms in total. The van der Waals surface area contributed by atoms with Gasteiger partial charge in [0.2, 0.25) is 0 Å². The molecule has 2 aromatic rings.